The minimum absolute atomic E-state index is 0.0852. The van der Waals surface area contributed by atoms with Crippen molar-refractivity contribution in [2.24, 2.45) is 0 Å². The highest BCUT2D eigenvalue weighted by Crippen LogP contribution is 2.37. The summed E-state index contributed by atoms with van der Waals surface area (Å²) in [7, 11) is -1.98. The van der Waals surface area contributed by atoms with Crippen molar-refractivity contribution in [1.82, 2.24) is 15.1 Å². The van der Waals surface area contributed by atoms with Crippen molar-refractivity contribution in [2.45, 2.75) is 77.9 Å². The van der Waals surface area contributed by atoms with Gasteiger partial charge < -0.3 is 14.5 Å². The standard InChI is InChI=1S/C17H32BrN3O3Si/c1-16(2,3)23-15(22)19-10-14(12-21-11-13(18)9-20-21)24-25(7,8)17(4,5)6/h9,11,14H,10,12H2,1-8H3,(H,19,22). The number of rotatable bonds is 6. The molecule has 1 amide bonds. The molecule has 1 aromatic heterocycles. The van der Waals surface area contributed by atoms with Crippen LogP contribution in [0, 0.1) is 0 Å². The lowest BCUT2D eigenvalue weighted by molar-refractivity contribution is 0.0488. The Morgan fingerprint density at radius 3 is 2.36 bits per heavy atom. The Balaban J connectivity index is 2.79. The number of amides is 1. The van der Waals surface area contributed by atoms with Gasteiger partial charge in [0.2, 0.25) is 0 Å². The smallest absolute Gasteiger partial charge is 0.407 e. The van der Waals surface area contributed by atoms with Gasteiger partial charge in [-0.25, -0.2) is 4.79 Å². The lowest BCUT2D eigenvalue weighted by Gasteiger charge is -2.39. The van der Waals surface area contributed by atoms with E-state index in [1.807, 2.05) is 31.6 Å². The van der Waals surface area contributed by atoms with Crippen molar-refractivity contribution in [3.8, 4) is 0 Å². The molecule has 1 rings (SSSR count). The summed E-state index contributed by atoms with van der Waals surface area (Å²) >= 11 is 3.41. The van der Waals surface area contributed by atoms with Crippen molar-refractivity contribution >= 4 is 30.3 Å². The Morgan fingerprint density at radius 2 is 1.92 bits per heavy atom. The van der Waals surface area contributed by atoms with Crippen molar-refractivity contribution in [2.75, 3.05) is 6.54 Å². The van der Waals surface area contributed by atoms with Crippen LogP contribution in [0.1, 0.15) is 41.5 Å². The van der Waals surface area contributed by atoms with E-state index < -0.39 is 20.0 Å². The molecule has 1 atom stereocenters. The number of carbonyl (C=O) groups is 1. The highest BCUT2D eigenvalue weighted by Gasteiger charge is 2.39. The number of ether oxygens (including phenoxy) is 1. The number of alkyl carbamates (subject to hydrolysis) is 1. The quantitative estimate of drug-likeness (QED) is 0.667. The van der Waals surface area contributed by atoms with Crippen LogP contribution in [-0.4, -0.2) is 42.4 Å². The molecule has 0 bridgehead atoms. The van der Waals surface area contributed by atoms with Gasteiger partial charge in [0.05, 0.1) is 23.3 Å². The summed E-state index contributed by atoms with van der Waals surface area (Å²) in [5.74, 6) is 0. The van der Waals surface area contributed by atoms with E-state index in [4.69, 9.17) is 9.16 Å². The van der Waals surface area contributed by atoms with E-state index in [1.165, 1.54) is 0 Å². The summed E-state index contributed by atoms with van der Waals surface area (Å²) in [6.45, 7) is 17.5. The van der Waals surface area contributed by atoms with E-state index in [0.29, 0.717) is 13.1 Å². The molecule has 1 unspecified atom stereocenters. The minimum Gasteiger partial charge on any atom is -0.444 e. The van der Waals surface area contributed by atoms with Gasteiger partial charge in [-0.05, 0) is 54.8 Å². The zero-order chi connectivity index (χ0) is 19.5. The monoisotopic (exact) mass is 433 g/mol. The van der Waals surface area contributed by atoms with Gasteiger partial charge >= 0.3 is 6.09 Å². The molecule has 0 saturated heterocycles. The first kappa shape index (κ1) is 22.2. The van der Waals surface area contributed by atoms with Crippen LogP contribution in [-0.2, 0) is 15.7 Å². The number of nitrogens with zero attached hydrogens (tertiary/aromatic N) is 2. The molecule has 0 spiro atoms. The molecule has 144 valence electrons. The molecular weight excluding hydrogens is 402 g/mol. The third-order valence-corrected chi connectivity index (χ3v) is 9.08. The molecule has 8 heteroatoms. The average molecular weight is 434 g/mol. The number of carbonyl (C=O) groups excluding carboxylic acids is 1. The molecule has 0 aliphatic heterocycles. The molecule has 1 N–H and O–H groups in total. The van der Waals surface area contributed by atoms with Crippen molar-refractivity contribution in [3.05, 3.63) is 16.9 Å². The zero-order valence-corrected chi connectivity index (χ0v) is 19.2. The predicted molar refractivity (Wildman–Crippen MR) is 106 cm³/mol. The second-order valence-corrected chi connectivity index (χ2v) is 14.4. The number of halogens is 1. The van der Waals surface area contributed by atoms with Crippen LogP contribution in [0.2, 0.25) is 18.1 Å². The fraction of sp³-hybridized carbons (Fsp3) is 0.765. The molecule has 0 saturated carbocycles. The Labute approximate surface area is 160 Å². The van der Waals surface area contributed by atoms with Gasteiger partial charge in [0.15, 0.2) is 8.32 Å². The predicted octanol–water partition coefficient (Wildman–Crippen LogP) is 4.56. The van der Waals surface area contributed by atoms with E-state index in [1.54, 1.807) is 6.20 Å². The van der Waals surface area contributed by atoms with Gasteiger partial charge in [-0.1, -0.05) is 20.8 Å². The first-order valence-electron chi connectivity index (χ1n) is 8.52. The second-order valence-electron chi connectivity index (χ2n) is 8.76. The number of nitrogens with one attached hydrogen (secondary N) is 1. The van der Waals surface area contributed by atoms with Crippen LogP contribution < -0.4 is 5.32 Å². The maximum Gasteiger partial charge on any atom is 0.407 e. The van der Waals surface area contributed by atoms with E-state index in [9.17, 15) is 4.79 Å². The summed E-state index contributed by atoms with van der Waals surface area (Å²) in [6, 6.07) is 0. The molecule has 25 heavy (non-hydrogen) atoms. The van der Waals surface area contributed by atoms with Crippen molar-refractivity contribution in [1.29, 1.82) is 0 Å². The number of hydrogen-bond acceptors (Lipinski definition) is 4. The van der Waals surface area contributed by atoms with Gasteiger partial charge in [0.1, 0.15) is 5.60 Å². The van der Waals surface area contributed by atoms with Gasteiger partial charge in [-0.3, -0.25) is 4.68 Å². The summed E-state index contributed by atoms with van der Waals surface area (Å²) in [5.41, 5.74) is -0.521. The highest BCUT2D eigenvalue weighted by molar-refractivity contribution is 9.10. The molecule has 0 aromatic carbocycles. The Kier molecular flexibility index (Phi) is 7.29. The van der Waals surface area contributed by atoms with Crippen LogP contribution >= 0.6 is 15.9 Å². The lowest BCUT2D eigenvalue weighted by atomic mass is 10.2. The zero-order valence-electron chi connectivity index (χ0n) is 16.6. The molecule has 6 nitrogen and oxygen atoms in total. The average Bonchev–Trinajstić information content (AvgIpc) is 2.77. The van der Waals surface area contributed by atoms with Gasteiger partial charge in [0.25, 0.3) is 0 Å². The van der Waals surface area contributed by atoms with E-state index in [2.05, 4.69) is 60.2 Å². The van der Waals surface area contributed by atoms with E-state index >= 15 is 0 Å². The van der Waals surface area contributed by atoms with Gasteiger partial charge in [-0.15, -0.1) is 0 Å². The maximum atomic E-state index is 12.0. The van der Waals surface area contributed by atoms with Gasteiger partial charge in [-0.2, -0.15) is 5.10 Å². The minimum atomic E-state index is -1.98. The van der Waals surface area contributed by atoms with Crippen LogP contribution in [0.15, 0.2) is 16.9 Å². The summed E-state index contributed by atoms with van der Waals surface area (Å²) < 4.78 is 14.5. The topological polar surface area (TPSA) is 65.4 Å². The lowest BCUT2D eigenvalue weighted by Crippen LogP contribution is -2.48. The molecule has 0 fully saturated rings. The summed E-state index contributed by atoms with van der Waals surface area (Å²) in [4.78, 5) is 12.0. The van der Waals surface area contributed by atoms with Crippen LogP contribution in [0.5, 0.6) is 0 Å². The molecule has 0 aliphatic rings. The SMILES string of the molecule is CC(C)(C)OC(=O)NCC(Cn1cc(Br)cn1)O[Si](C)(C)C(C)(C)C. The third-order valence-electron chi connectivity index (χ3n) is 4.13. The van der Waals surface area contributed by atoms with Crippen molar-refractivity contribution in [3.63, 3.8) is 0 Å². The molecule has 0 radical (unpaired) electrons. The van der Waals surface area contributed by atoms with Crippen molar-refractivity contribution < 1.29 is 14.0 Å². The second kappa shape index (κ2) is 8.22. The number of aromatic nitrogens is 2. The normalized spacial score (nSPS) is 14.3. The molecule has 0 aliphatic carbocycles. The Hall–Kier alpha value is -0.863. The Bertz CT molecular complexity index is 576. The van der Waals surface area contributed by atoms with E-state index in [-0.39, 0.29) is 11.1 Å². The van der Waals surface area contributed by atoms with E-state index in [0.717, 1.165) is 4.47 Å². The summed E-state index contributed by atoms with van der Waals surface area (Å²) in [5, 5.41) is 7.20. The van der Waals surface area contributed by atoms with Crippen LogP contribution in [0.4, 0.5) is 4.79 Å². The third kappa shape index (κ3) is 7.92. The summed E-state index contributed by atoms with van der Waals surface area (Å²) in [6.07, 6.45) is 3.03. The van der Waals surface area contributed by atoms with Crippen LogP contribution in [0.25, 0.3) is 0 Å². The first-order valence-corrected chi connectivity index (χ1v) is 12.2. The maximum absolute atomic E-state index is 12.0. The first-order chi connectivity index (χ1) is 11.2. The fourth-order valence-electron chi connectivity index (χ4n) is 1.90. The largest absolute Gasteiger partial charge is 0.444 e. The molecule has 1 aromatic rings. The van der Waals surface area contributed by atoms with Gasteiger partial charge in [0, 0.05) is 12.7 Å². The Morgan fingerprint density at radius 1 is 1.32 bits per heavy atom. The molecule has 1 heterocycles. The fourth-order valence-corrected chi connectivity index (χ4v) is 3.57. The number of hydrogen-bond donors (Lipinski definition) is 1. The van der Waals surface area contributed by atoms with Crippen LogP contribution in [0.3, 0.4) is 0 Å². The molecular formula is C17H32BrN3O3Si. The highest BCUT2D eigenvalue weighted by atomic mass is 79.9.